The maximum atomic E-state index is 9.08. The molecule has 1 heterocycles. The van der Waals surface area contributed by atoms with Gasteiger partial charge in [-0.1, -0.05) is 0 Å². The Kier molecular flexibility index (Phi) is 1.46. The lowest BCUT2D eigenvalue weighted by molar-refractivity contribution is 0.179. The lowest BCUT2D eigenvalue weighted by Gasteiger charge is -2.19. The second-order valence-electron chi connectivity index (χ2n) is 3.67. The molecular formula is C8H15NO. The average Bonchev–Trinajstić information content (AvgIpc) is 2.58. The predicted octanol–water partition coefficient (Wildman–Crippen LogP) is 0.511. The van der Waals surface area contributed by atoms with Gasteiger partial charge in [-0.05, 0) is 32.2 Å². The van der Waals surface area contributed by atoms with Crippen LogP contribution in [-0.4, -0.2) is 24.3 Å². The van der Waals surface area contributed by atoms with Crippen molar-refractivity contribution in [3.8, 4) is 0 Å². The summed E-state index contributed by atoms with van der Waals surface area (Å²) in [6.45, 7) is 1.55. The van der Waals surface area contributed by atoms with Gasteiger partial charge in [0, 0.05) is 11.5 Å². The van der Waals surface area contributed by atoms with Crippen LogP contribution in [0.4, 0.5) is 0 Å². The van der Waals surface area contributed by atoms with Crippen molar-refractivity contribution in [3.63, 3.8) is 0 Å². The average molecular weight is 141 g/mol. The third-order valence-electron chi connectivity index (χ3n) is 3.01. The molecule has 2 N–H and O–H groups in total. The molecule has 1 aliphatic carbocycles. The van der Waals surface area contributed by atoms with Gasteiger partial charge >= 0.3 is 0 Å². The summed E-state index contributed by atoms with van der Waals surface area (Å²) in [6.07, 6.45) is 5.05. The Bertz CT molecular complexity index is 125. The third kappa shape index (κ3) is 0.867. The number of rotatable bonds is 2. The lowest BCUT2D eigenvalue weighted by atomic mass is 9.96. The van der Waals surface area contributed by atoms with Gasteiger partial charge in [0.1, 0.15) is 0 Å². The van der Waals surface area contributed by atoms with E-state index in [1.807, 2.05) is 0 Å². The van der Waals surface area contributed by atoms with E-state index >= 15 is 0 Å². The van der Waals surface area contributed by atoms with Crippen LogP contribution in [0, 0.1) is 5.41 Å². The zero-order chi connectivity index (χ0) is 7.03. The Morgan fingerprint density at radius 3 is 2.70 bits per heavy atom. The molecule has 10 heavy (non-hydrogen) atoms. The van der Waals surface area contributed by atoms with E-state index in [1.54, 1.807) is 0 Å². The van der Waals surface area contributed by atoms with Crippen molar-refractivity contribution in [2.24, 2.45) is 5.41 Å². The van der Waals surface area contributed by atoms with E-state index in [9.17, 15) is 0 Å². The van der Waals surface area contributed by atoms with E-state index in [-0.39, 0.29) is 0 Å². The maximum absolute atomic E-state index is 9.08. The molecule has 1 saturated carbocycles. The largest absolute Gasteiger partial charge is 0.396 e. The number of hydrogen-bond donors (Lipinski definition) is 2. The van der Waals surface area contributed by atoms with E-state index in [4.69, 9.17) is 5.11 Å². The van der Waals surface area contributed by atoms with Gasteiger partial charge in [-0.15, -0.1) is 0 Å². The molecule has 0 spiro atoms. The Labute approximate surface area is 61.6 Å². The van der Waals surface area contributed by atoms with Gasteiger partial charge in [0.2, 0.25) is 0 Å². The summed E-state index contributed by atoms with van der Waals surface area (Å²) in [5, 5.41) is 12.5. The summed E-state index contributed by atoms with van der Waals surface area (Å²) in [5.74, 6) is 0. The van der Waals surface area contributed by atoms with Crippen LogP contribution in [0.2, 0.25) is 0 Å². The van der Waals surface area contributed by atoms with Gasteiger partial charge in [0.15, 0.2) is 0 Å². The van der Waals surface area contributed by atoms with Crippen molar-refractivity contribution in [1.82, 2.24) is 5.32 Å². The maximum Gasteiger partial charge on any atom is 0.0502 e. The Morgan fingerprint density at radius 2 is 2.30 bits per heavy atom. The van der Waals surface area contributed by atoms with Crippen LogP contribution < -0.4 is 5.32 Å². The van der Waals surface area contributed by atoms with Crippen molar-refractivity contribution >= 4 is 0 Å². The van der Waals surface area contributed by atoms with Crippen LogP contribution in [0.25, 0.3) is 0 Å². The normalized spacial score (nSPS) is 36.3. The number of hydrogen-bond acceptors (Lipinski definition) is 2. The zero-order valence-electron chi connectivity index (χ0n) is 6.27. The molecule has 2 rings (SSSR count). The van der Waals surface area contributed by atoms with Crippen molar-refractivity contribution in [2.45, 2.75) is 31.7 Å². The highest BCUT2D eigenvalue weighted by atomic mass is 16.3. The molecule has 2 heteroatoms. The first-order chi connectivity index (χ1) is 4.87. The molecule has 2 aliphatic rings. The fourth-order valence-corrected chi connectivity index (χ4v) is 1.98. The first-order valence-corrected chi connectivity index (χ1v) is 4.22. The fourth-order valence-electron chi connectivity index (χ4n) is 1.98. The monoisotopic (exact) mass is 141 g/mol. The minimum atomic E-state index is 0.316. The number of aliphatic hydroxyl groups excluding tert-OH is 1. The molecule has 0 aromatic rings. The molecule has 1 aliphatic heterocycles. The highest BCUT2D eigenvalue weighted by Crippen LogP contribution is 2.50. The fraction of sp³-hybridized carbons (Fsp3) is 1.00. The molecule has 0 bridgehead atoms. The van der Waals surface area contributed by atoms with Gasteiger partial charge in [-0.2, -0.15) is 0 Å². The van der Waals surface area contributed by atoms with Gasteiger partial charge in [0.25, 0.3) is 0 Å². The Balaban J connectivity index is 1.96. The molecule has 0 radical (unpaired) electrons. The van der Waals surface area contributed by atoms with E-state index in [2.05, 4.69) is 5.32 Å². The first-order valence-electron chi connectivity index (χ1n) is 4.22. The highest BCUT2D eigenvalue weighted by molar-refractivity contribution is 5.03. The lowest BCUT2D eigenvalue weighted by Crippen LogP contribution is -2.34. The molecule has 2 nitrogen and oxygen atoms in total. The van der Waals surface area contributed by atoms with Crippen molar-refractivity contribution < 1.29 is 5.11 Å². The Morgan fingerprint density at radius 1 is 1.50 bits per heavy atom. The van der Waals surface area contributed by atoms with Crippen molar-refractivity contribution in [3.05, 3.63) is 0 Å². The molecule has 1 unspecified atom stereocenters. The van der Waals surface area contributed by atoms with Crippen molar-refractivity contribution in [2.75, 3.05) is 13.2 Å². The summed E-state index contributed by atoms with van der Waals surface area (Å²) in [4.78, 5) is 0. The van der Waals surface area contributed by atoms with Gasteiger partial charge in [-0.3, -0.25) is 0 Å². The first kappa shape index (κ1) is 6.62. The topological polar surface area (TPSA) is 32.3 Å². The van der Waals surface area contributed by atoms with Crippen LogP contribution in [0.3, 0.4) is 0 Å². The quantitative estimate of drug-likeness (QED) is 0.587. The van der Waals surface area contributed by atoms with Crippen molar-refractivity contribution in [1.29, 1.82) is 0 Å². The van der Waals surface area contributed by atoms with Crippen LogP contribution in [-0.2, 0) is 0 Å². The zero-order valence-corrected chi connectivity index (χ0v) is 6.27. The summed E-state index contributed by atoms with van der Waals surface area (Å²) in [7, 11) is 0. The number of aliphatic hydroxyl groups is 1. The molecule has 1 saturated heterocycles. The van der Waals surface area contributed by atoms with E-state index in [0.717, 1.165) is 6.54 Å². The minimum absolute atomic E-state index is 0.316. The second kappa shape index (κ2) is 2.21. The van der Waals surface area contributed by atoms with Crippen LogP contribution in [0.5, 0.6) is 0 Å². The Hall–Kier alpha value is -0.0800. The number of nitrogens with one attached hydrogen (secondary N) is 1. The second-order valence-corrected chi connectivity index (χ2v) is 3.67. The predicted molar refractivity (Wildman–Crippen MR) is 39.8 cm³/mol. The molecule has 0 amide bonds. The third-order valence-corrected chi connectivity index (χ3v) is 3.01. The summed E-state index contributed by atoms with van der Waals surface area (Å²) in [6, 6.07) is 0.637. The smallest absolute Gasteiger partial charge is 0.0502 e. The van der Waals surface area contributed by atoms with E-state index in [1.165, 1.54) is 25.7 Å². The van der Waals surface area contributed by atoms with Crippen LogP contribution in [0.15, 0.2) is 0 Å². The minimum Gasteiger partial charge on any atom is -0.396 e. The van der Waals surface area contributed by atoms with Gasteiger partial charge < -0.3 is 10.4 Å². The summed E-state index contributed by atoms with van der Waals surface area (Å²) in [5.41, 5.74) is 0.316. The van der Waals surface area contributed by atoms with Crippen LogP contribution in [0.1, 0.15) is 25.7 Å². The standard InChI is InChI=1S/C8H15NO/c10-6-8(3-4-8)7-2-1-5-9-7/h7,9-10H,1-6H2. The van der Waals surface area contributed by atoms with E-state index < -0.39 is 0 Å². The van der Waals surface area contributed by atoms with E-state index in [0.29, 0.717) is 18.1 Å². The summed E-state index contributed by atoms with van der Waals surface area (Å²) >= 11 is 0. The molecule has 0 aromatic heterocycles. The molecule has 0 aromatic carbocycles. The van der Waals surface area contributed by atoms with Crippen LogP contribution >= 0.6 is 0 Å². The molecular weight excluding hydrogens is 126 g/mol. The van der Waals surface area contributed by atoms with Gasteiger partial charge in [-0.25, -0.2) is 0 Å². The molecule has 2 fully saturated rings. The molecule has 1 atom stereocenters. The summed E-state index contributed by atoms with van der Waals surface area (Å²) < 4.78 is 0. The highest BCUT2D eigenvalue weighted by Gasteiger charge is 2.49. The SMILES string of the molecule is OCC1(C2CCCN2)CC1. The molecule has 58 valence electrons. The van der Waals surface area contributed by atoms with Gasteiger partial charge in [0.05, 0.1) is 6.61 Å².